The Hall–Kier alpha value is -1.79. The number of carbonyl (C=O) groups is 1. The maximum atomic E-state index is 13.4. The molecule has 1 amide bonds. The van der Waals surface area contributed by atoms with E-state index in [-0.39, 0.29) is 17.9 Å². The molecule has 170 valence electrons. The summed E-state index contributed by atoms with van der Waals surface area (Å²) in [4.78, 5) is 13.4. The monoisotopic (exact) mass is 492 g/mol. The van der Waals surface area contributed by atoms with Crippen LogP contribution in [0.3, 0.4) is 0 Å². The second-order valence-corrected chi connectivity index (χ2v) is 9.56. The Kier molecular flexibility index (Phi) is 7.62. The van der Waals surface area contributed by atoms with E-state index in [0.29, 0.717) is 26.5 Å². The van der Waals surface area contributed by atoms with Crippen LogP contribution in [0.5, 0.6) is 0 Å². The first-order valence-electron chi connectivity index (χ1n) is 11.1. The summed E-state index contributed by atoms with van der Waals surface area (Å²) in [6, 6.07) is 12.8. The molecule has 0 bridgehead atoms. The molecule has 0 unspecified atom stereocenters. The first-order valence-corrected chi connectivity index (χ1v) is 12.3. The molecule has 32 heavy (non-hydrogen) atoms. The summed E-state index contributed by atoms with van der Waals surface area (Å²) in [5, 5.41) is 10.4. The van der Waals surface area contributed by atoms with Crippen molar-refractivity contribution in [2.24, 2.45) is 11.0 Å². The number of amides is 1. The molecule has 5 nitrogen and oxygen atoms in total. The predicted octanol–water partition coefficient (Wildman–Crippen LogP) is 6.50. The van der Waals surface area contributed by atoms with E-state index in [1.165, 1.54) is 12.8 Å². The van der Waals surface area contributed by atoms with Crippen LogP contribution >= 0.6 is 34.8 Å². The molecule has 2 aliphatic heterocycles. The molecule has 0 radical (unpaired) electrons. The van der Waals surface area contributed by atoms with Gasteiger partial charge in [0, 0.05) is 29.1 Å². The van der Waals surface area contributed by atoms with Gasteiger partial charge >= 0.3 is 0 Å². The number of hydrogen-bond donors (Lipinski definition) is 1. The third-order valence-corrected chi connectivity index (χ3v) is 6.91. The molecule has 1 N–H and O–H groups in total. The fourth-order valence-corrected chi connectivity index (χ4v) is 5.11. The highest BCUT2D eigenvalue weighted by Gasteiger charge is 2.42. The lowest BCUT2D eigenvalue weighted by molar-refractivity contribution is -0.119. The van der Waals surface area contributed by atoms with Crippen molar-refractivity contribution >= 4 is 52.1 Å². The first kappa shape index (κ1) is 23.4. The number of hydrogen-bond acceptors (Lipinski definition) is 4. The number of benzene rings is 2. The first-order chi connectivity index (χ1) is 15.5. The Balaban J connectivity index is 1.70. The minimum Gasteiger partial charge on any atom is -0.284 e. The molecule has 8 heteroatoms. The average Bonchev–Trinajstić information content (AvgIpc) is 2.96. The van der Waals surface area contributed by atoms with Crippen molar-refractivity contribution in [2.45, 2.75) is 45.1 Å². The molecule has 1 fully saturated rings. The second-order valence-electron chi connectivity index (χ2n) is 8.28. The lowest BCUT2D eigenvalue weighted by Crippen LogP contribution is -2.47. The van der Waals surface area contributed by atoms with Gasteiger partial charge in [-0.1, -0.05) is 66.7 Å². The highest BCUT2D eigenvalue weighted by Crippen LogP contribution is 2.43. The summed E-state index contributed by atoms with van der Waals surface area (Å²) < 4.78 is 0. The second kappa shape index (κ2) is 10.4. The van der Waals surface area contributed by atoms with Crippen LogP contribution in [0.2, 0.25) is 15.1 Å². The van der Waals surface area contributed by atoms with E-state index in [0.717, 1.165) is 37.9 Å². The van der Waals surface area contributed by atoms with E-state index in [1.807, 2.05) is 40.3 Å². The van der Waals surface area contributed by atoms with Crippen molar-refractivity contribution in [2.75, 3.05) is 18.1 Å². The fourth-order valence-electron chi connectivity index (χ4n) is 4.49. The maximum Gasteiger partial charge on any atom is 0.282 e. The number of halogens is 3. The van der Waals surface area contributed by atoms with Crippen LogP contribution in [0.4, 0.5) is 5.69 Å². The third-order valence-electron chi connectivity index (χ3n) is 6.12. The van der Waals surface area contributed by atoms with Crippen molar-refractivity contribution in [3.05, 3.63) is 63.1 Å². The van der Waals surface area contributed by atoms with E-state index in [4.69, 9.17) is 39.9 Å². The molecule has 0 spiro atoms. The summed E-state index contributed by atoms with van der Waals surface area (Å²) in [5.41, 5.74) is 5.36. The minimum absolute atomic E-state index is 0.102. The van der Waals surface area contributed by atoms with Gasteiger partial charge in [-0.2, -0.15) is 5.10 Å². The zero-order chi connectivity index (χ0) is 22.7. The van der Waals surface area contributed by atoms with Gasteiger partial charge in [-0.05, 0) is 55.2 Å². The molecule has 0 saturated carbocycles. The van der Waals surface area contributed by atoms with E-state index in [1.54, 1.807) is 12.1 Å². The molecule has 1 saturated heterocycles. The van der Waals surface area contributed by atoms with Crippen molar-refractivity contribution in [1.29, 1.82) is 0 Å². The van der Waals surface area contributed by atoms with Crippen LogP contribution in [-0.2, 0) is 4.79 Å². The quantitative estimate of drug-likeness (QED) is 0.517. The van der Waals surface area contributed by atoms with Gasteiger partial charge in [0.05, 0.1) is 16.8 Å². The summed E-state index contributed by atoms with van der Waals surface area (Å²) in [6.07, 6.45) is 5.33. The van der Waals surface area contributed by atoms with Crippen molar-refractivity contribution in [1.82, 2.24) is 10.4 Å². The van der Waals surface area contributed by atoms with Crippen LogP contribution in [0.15, 0.2) is 47.6 Å². The van der Waals surface area contributed by atoms with Crippen molar-refractivity contribution < 1.29 is 4.79 Å². The molecule has 2 heterocycles. The van der Waals surface area contributed by atoms with Crippen LogP contribution in [-0.4, -0.2) is 29.7 Å². The van der Waals surface area contributed by atoms with E-state index >= 15 is 0 Å². The smallest absolute Gasteiger partial charge is 0.282 e. The highest BCUT2D eigenvalue weighted by atomic mass is 35.5. The molecule has 0 aliphatic carbocycles. The Morgan fingerprint density at radius 3 is 2.28 bits per heavy atom. The highest BCUT2D eigenvalue weighted by molar-refractivity contribution is 6.41. The number of nitrogens with one attached hydrogen (secondary N) is 1. The van der Waals surface area contributed by atoms with Crippen molar-refractivity contribution in [3.63, 3.8) is 0 Å². The molecule has 2 aromatic carbocycles. The summed E-state index contributed by atoms with van der Waals surface area (Å²) in [5.74, 6) is -0.250. The van der Waals surface area contributed by atoms with Gasteiger partial charge in [0.1, 0.15) is 5.71 Å². The zero-order valence-corrected chi connectivity index (χ0v) is 20.3. The Bertz CT molecular complexity index is 987. The number of carbonyl (C=O) groups excluding carboxylic acids is 1. The van der Waals surface area contributed by atoms with Crippen molar-refractivity contribution in [3.8, 4) is 0 Å². The minimum atomic E-state index is -0.180. The number of anilines is 1. The average molecular weight is 494 g/mol. The largest absolute Gasteiger partial charge is 0.284 e. The van der Waals surface area contributed by atoms with Gasteiger partial charge in [-0.15, -0.1) is 0 Å². The van der Waals surface area contributed by atoms with Gasteiger partial charge in [0.25, 0.3) is 5.91 Å². The molecule has 2 aliphatic rings. The number of hydrazine groups is 1. The summed E-state index contributed by atoms with van der Waals surface area (Å²) in [6.45, 7) is 3.81. The molecular weight excluding hydrogens is 467 g/mol. The van der Waals surface area contributed by atoms with E-state index in [9.17, 15) is 4.79 Å². The number of rotatable bonds is 5. The van der Waals surface area contributed by atoms with Gasteiger partial charge in [0.2, 0.25) is 0 Å². The standard InChI is InChI=1S/C24H27Cl3N4O/c1-2-19-22(24(32)29-30-13-5-3-4-6-14-30)28-31(21-12-11-18(26)15-20(21)27)23(19)16-7-9-17(25)10-8-16/h7-12,15,19,23H,2-6,13-14H2,1H3,(H,29,32)/t19-,23+/m1/s1. The number of hydrazone groups is 1. The summed E-state index contributed by atoms with van der Waals surface area (Å²) >= 11 is 18.8. The fraction of sp³-hybridized carbons (Fsp3) is 0.417. The van der Waals surface area contributed by atoms with Gasteiger partial charge in [0.15, 0.2) is 0 Å². The third kappa shape index (κ3) is 5.07. The Morgan fingerprint density at radius 2 is 1.66 bits per heavy atom. The van der Waals surface area contributed by atoms with Crippen LogP contribution in [0.1, 0.15) is 50.6 Å². The van der Waals surface area contributed by atoms with Gasteiger partial charge in [-0.3, -0.25) is 15.2 Å². The van der Waals surface area contributed by atoms with E-state index < -0.39 is 0 Å². The Morgan fingerprint density at radius 1 is 1.00 bits per heavy atom. The van der Waals surface area contributed by atoms with Crippen LogP contribution in [0.25, 0.3) is 0 Å². The Labute approximate surface area is 204 Å². The normalized spacial score (nSPS) is 21.9. The predicted molar refractivity (Wildman–Crippen MR) is 133 cm³/mol. The summed E-state index contributed by atoms with van der Waals surface area (Å²) in [7, 11) is 0. The lowest BCUT2D eigenvalue weighted by atomic mass is 9.87. The molecule has 2 aromatic rings. The zero-order valence-electron chi connectivity index (χ0n) is 18.0. The van der Waals surface area contributed by atoms with E-state index in [2.05, 4.69) is 12.3 Å². The van der Waals surface area contributed by atoms with Crippen LogP contribution < -0.4 is 10.4 Å². The van der Waals surface area contributed by atoms with Gasteiger partial charge < -0.3 is 0 Å². The maximum absolute atomic E-state index is 13.4. The SMILES string of the molecule is CC[C@@H]1C(C(=O)NN2CCCCCC2)=NN(c2ccc(Cl)cc2Cl)[C@H]1c1ccc(Cl)cc1. The molecule has 4 rings (SSSR count). The lowest BCUT2D eigenvalue weighted by Gasteiger charge is -2.29. The molecule has 2 atom stereocenters. The molecular formula is C24H27Cl3N4O. The van der Waals surface area contributed by atoms with Gasteiger partial charge in [-0.25, -0.2) is 5.01 Å². The topological polar surface area (TPSA) is 47.9 Å². The molecule has 0 aromatic heterocycles. The number of nitrogens with zero attached hydrogens (tertiary/aromatic N) is 3. The van der Waals surface area contributed by atoms with Crippen LogP contribution in [0, 0.1) is 5.92 Å².